The Balaban J connectivity index is 2.15. The highest BCUT2D eigenvalue weighted by atomic mass is 32.2. The minimum atomic E-state index is 0.592. The summed E-state index contributed by atoms with van der Waals surface area (Å²) in [6, 6.07) is 2.13. The number of aromatic nitrogens is 4. The first kappa shape index (κ1) is 10.9. The van der Waals surface area contributed by atoms with E-state index in [2.05, 4.69) is 21.1 Å². The first-order chi connectivity index (χ1) is 7.83. The van der Waals surface area contributed by atoms with Crippen LogP contribution in [0.25, 0.3) is 11.0 Å². The summed E-state index contributed by atoms with van der Waals surface area (Å²) in [6.07, 6.45) is 4.81. The number of hydrogen-bond donors (Lipinski definition) is 0. The number of nitrogens with zero attached hydrogens (tertiary/aromatic N) is 5. The molecule has 5 nitrogen and oxygen atoms in total. The van der Waals surface area contributed by atoms with Gasteiger partial charge in [-0.05, 0) is 6.42 Å². The second-order valence-corrected chi connectivity index (χ2v) is 4.38. The number of fused-ring (bicyclic) bond motifs is 1. The van der Waals surface area contributed by atoms with E-state index in [-0.39, 0.29) is 0 Å². The molecule has 82 valence electrons. The number of unbranched alkanes of at least 4 members (excludes halogenated alkanes) is 1. The Morgan fingerprint density at radius 1 is 1.50 bits per heavy atom. The van der Waals surface area contributed by atoms with Crippen molar-refractivity contribution in [3.63, 3.8) is 0 Å². The summed E-state index contributed by atoms with van der Waals surface area (Å²) in [6.45, 7) is 0. The lowest BCUT2D eigenvalue weighted by molar-refractivity contribution is 0.784. The third-order valence-corrected chi connectivity index (χ3v) is 3.26. The van der Waals surface area contributed by atoms with E-state index in [1.807, 2.05) is 7.05 Å². The van der Waals surface area contributed by atoms with Crippen LogP contribution in [-0.2, 0) is 7.05 Å². The average molecular weight is 233 g/mol. The quantitative estimate of drug-likeness (QED) is 0.457. The zero-order chi connectivity index (χ0) is 11.4. The third kappa shape index (κ3) is 2.14. The van der Waals surface area contributed by atoms with Gasteiger partial charge in [0.1, 0.15) is 11.4 Å². The fourth-order valence-corrected chi connectivity index (χ4v) is 2.28. The van der Waals surface area contributed by atoms with Crippen LogP contribution in [0.4, 0.5) is 0 Å². The fourth-order valence-electron chi connectivity index (χ4n) is 1.38. The lowest BCUT2D eigenvalue weighted by Crippen LogP contribution is -1.93. The fraction of sp³-hybridized carbons (Fsp3) is 0.400. The summed E-state index contributed by atoms with van der Waals surface area (Å²) in [4.78, 5) is 8.40. The van der Waals surface area contributed by atoms with Gasteiger partial charge >= 0.3 is 0 Å². The number of rotatable bonds is 4. The molecule has 0 aliphatic rings. The maximum absolute atomic E-state index is 8.44. The van der Waals surface area contributed by atoms with Crippen molar-refractivity contribution in [2.45, 2.75) is 17.9 Å². The summed E-state index contributed by atoms with van der Waals surface area (Å²) < 4.78 is 1.73. The van der Waals surface area contributed by atoms with E-state index in [1.54, 1.807) is 29.0 Å². The zero-order valence-corrected chi connectivity index (χ0v) is 9.74. The molecule has 2 rings (SSSR count). The topological polar surface area (TPSA) is 67.4 Å². The molecule has 6 heteroatoms. The highest BCUT2D eigenvalue weighted by molar-refractivity contribution is 7.99. The molecule has 0 bridgehead atoms. The molecule has 2 heterocycles. The minimum Gasteiger partial charge on any atom is -0.250 e. The van der Waals surface area contributed by atoms with Gasteiger partial charge in [0.2, 0.25) is 0 Å². The van der Waals surface area contributed by atoms with Gasteiger partial charge in [0.05, 0.1) is 17.7 Å². The first-order valence-electron chi connectivity index (χ1n) is 4.95. The van der Waals surface area contributed by atoms with Gasteiger partial charge in [-0.3, -0.25) is 4.68 Å². The van der Waals surface area contributed by atoms with Crippen molar-refractivity contribution in [1.29, 1.82) is 5.26 Å². The Morgan fingerprint density at radius 2 is 2.38 bits per heavy atom. The van der Waals surface area contributed by atoms with Crippen LogP contribution in [0.3, 0.4) is 0 Å². The standard InChI is InChI=1S/C10H11N5S/c1-15-9-8(6-14-15)10(13-7-12-9)16-5-3-2-4-11/h6-7H,2-3,5H2,1H3. The van der Waals surface area contributed by atoms with Crippen molar-refractivity contribution in [3.05, 3.63) is 12.5 Å². The molecule has 0 radical (unpaired) electrons. The molecule has 2 aromatic heterocycles. The van der Waals surface area contributed by atoms with Crippen LogP contribution in [0, 0.1) is 11.3 Å². The van der Waals surface area contributed by atoms with Crippen molar-refractivity contribution < 1.29 is 0 Å². The van der Waals surface area contributed by atoms with E-state index < -0.39 is 0 Å². The van der Waals surface area contributed by atoms with Crippen LogP contribution in [0.2, 0.25) is 0 Å². The molecule has 0 atom stereocenters. The van der Waals surface area contributed by atoms with Gasteiger partial charge in [-0.2, -0.15) is 10.4 Å². The van der Waals surface area contributed by atoms with Crippen LogP contribution in [-0.4, -0.2) is 25.5 Å². The first-order valence-corrected chi connectivity index (χ1v) is 5.94. The maximum Gasteiger partial charge on any atom is 0.162 e. The Bertz CT molecular complexity index is 527. The molecule has 16 heavy (non-hydrogen) atoms. The predicted octanol–water partition coefficient (Wildman–Crippen LogP) is 1.76. The average Bonchev–Trinajstić information content (AvgIpc) is 2.68. The number of aryl methyl sites for hydroxylation is 1. The normalized spacial score (nSPS) is 10.5. The molecule has 0 unspecified atom stereocenters. The van der Waals surface area contributed by atoms with Crippen LogP contribution in [0.5, 0.6) is 0 Å². The monoisotopic (exact) mass is 233 g/mol. The molecule has 0 aliphatic heterocycles. The van der Waals surface area contributed by atoms with Crippen molar-refractivity contribution >= 4 is 22.8 Å². The van der Waals surface area contributed by atoms with E-state index in [9.17, 15) is 0 Å². The molecule has 0 saturated carbocycles. The van der Waals surface area contributed by atoms with Gasteiger partial charge in [0.25, 0.3) is 0 Å². The lowest BCUT2D eigenvalue weighted by atomic mass is 10.4. The van der Waals surface area contributed by atoms with Gasteiger partial charge < -0.3 is 0 Å². The Kier molecular flexibility index (Phi) is 3.37. The summed E-state index contributed by atoms with van der Waals surface area (Å²) in [5.41, 5.74) is 0.845. The lowest BCUT2D eigenvalue weighted by Gasteiger charge is -2.00. The molecule has 2 aromatic rings. The SMILES string of the molecule is Cn1ncc2c(SCCCC#N)ncnc21. The molecular weight excluding hydrogens is 222 g/mol. The minimum absolute atomic E-state index is 0.592. The highest BCUT2D eigenvalue weighted by Crippen LogP contribution is 2.24. The van der Waals surface area contributed by atoms with Crippen molar-refractivity contribution in [2.24, 2.45) is 7.05 Å². The van der Waals surface area contributed by atoms with E-state index in [1.165, 1.54) is 0 Å². The molecule has 0 fully saturated rings. The molecule has 0 aliphatic carbocycles. The molecule has 0 saturated heterocycles. The van der Waals surface area contributed by atoms with Gasteiger partial charge in [-0.15, -0.1) is 11.8 Å². The number of thioether (sulfide) groups is 1. The molecule has 0 spiro atoms. The predicted molar refractivity (Wildman–Crippen MR) is 61.9 cm³/mol. The van der Waals surface area contributed by atoms with Crippen molar-refractivity contribution in [3.8, 4) is 6.07 Å². The van der Waals surface area contributed by atoms with Gasteiger partial charge in [0.15, 0.2) is 5.65 Å². The second-order valence-electron chi connectivity index (χ2n) is 3.29. The Hall–Kier alpha value is -1.61. The third-order valence-electron chi connectivity index (χ3n) is 2.16. The second kappa shape index (κ2) is 4.94. The van der Waals surface area contributed by atoms with Crippen molar-refractivity contribution in [1.82, 2.24) is 19.7 Å². The van der Waals surface area contributed by atoms with Crippen LogP contribution < -0.4 is 0 Å². The van der Waals surface area contributed by atoms with E-state index in [0.717, 1.165) is 28.2 Å². The Labute approximate surface area is 97.5 Å². The zero-order valence-electron chi connectivity index (χ0n) is 8.92. The number of nitriles is 1. The molecule has 0 N–H and O–H groups in total. The largest absolute Gasteiger partial charge is 0.250 e. The van der Waals surface area contributed by atoms with Gasteiger partial charge in [-0.25, -0.2) is 9.97 Å². The van der Waals surface area contributed by atoms with Crippen LogP contribution in [0.15, 0.2) is 17.6 Å². The van der Waals surface area contributed by atoms with Gasteiger partial charge in [-0.1, -0.05) is 0 Å². The smallest absolute Gasteiger partial charge is 0.162 e. The summed E-state index contributed by atoms with van der Waals surface area (Å²) >= 11 is 1.65. The van der Waals surface area contributed by atoms with E-state index >= 15 is 0 Å². The molecule has 0 aromatic carbocycles. The van der Waals surface area contributed by atoms with Crippen LogP contribution in [0.1, 0.15) is 12.8 Å². The summed E-state index contributed by atoms with van der Waals surface area (Å²) in [7, 11) is 1.86. The number of hydrogen-bond acceptors (Lipinski definition) is 5. The van der Waals surface area contributed by atoms with Crippen LogP contribution >= 0.6 is 11.8 Å². The van der Waals surface area contributed by atoms with E-state index in [0.29, 0.717) is 6.42 Å². The highest BCUT2D eigenvalue weighted by Gasteiger charge is 2.07. The molecule has 0 amide bonds. The summed E-state index contributed by atoms with van der Waals surface area (Å²) in [5.74, 6) is 0.897. The van der Waals surface area contributed by atoms with Crippen molar-refractivity contribution in [2.75, 3.05) is 5.75 Å². The molecular formula is C10H11N5S. The summed E-state index contributed by atoms with van der Waals surface area (Å²) in [5, 5.41) is 14.5. The van der Waals surface area contributed by atoms with Gasteiger partial charge in [0, 0.05) is 19.2 Å². The maximum atomic E-state index is 8.44. The Morgan fingerprint density at radius 3 is 3.19 bits per heavy atom. The van der Waals surface area contributed by atoms with E-state index in [4.69, 9.17) is 5.26 Å².